The molecule has 0 spiro atoms. The van der Waals surface area contributed by atoms with Gasteiger partial charge in [-0.15, -0.1) is 25.2 Å². The van der Waals surface area contributed by atoms with Crippen molar-refractivity contribution in [1.29, 1.82) is 0 Å². The molecule has 2 heteroatoms. The monoisotopic (exact) mass is 193 g/mol. The van der Waals surface area contributed by atoms with Crippen molar-refractivity contribution in [3.8, 4) is 0 Å². The van der Waals surface area contributed by atoms with E-state index in [-0.39, 0.29) is 5.41 Å². The maximum Gasteiger partial charge on any atom is 0.107 e. The summed E-state index contributed by atoms with van der Waals surface area (Å²) in [6.07, 6.45) is 1.19. The molecule has 2 radical (unpaired) electrons. The van der Waals surface area contributed by atoms with E-state index in [1.165, 1.54) is 6.42 Å². The molecule has 1 rings (SSSR count). The lowest BCUT2D eigenvalue weighted by Gasteiger charge is -2.14. The molecule has 1 unspecified atom stereocenters. The van der Waals surface area contributed by atoms with Crippen LogP contribution >= 0.6 is 0 Å². The summed E-state index contributed by atoms with van der Waals surface area (Å²) < 4.78 is 0. The van der Waals surface area contributed by atoms with E-state index in [1.807, 2.05) is 14.1 Å². The highest BCUT2D eigenvalue weighted by Gasteiger charge is 2.56. The van der Waals surface area contributed by atoms with Gasteiger partial charge in [0.2, 0.25) is 0 Å². The van der Waals surface area contributed by atoms with Crippen LogP contribution < -0.4 is 5.32 Å². The van der Waals surface area contributed by atoms with Crippen molar-refractivity contribution in [2.75, 3.05) is 14.1 Å². The first-order valence-corrected chi connectivity index (χ1v) is 4.85. The predicted molar refractivity (Wildman–Crippen MR) is 67.6 cm³/mol. The Hall–Kier alpha value is -0.495. The van der Waals surface area contributed by atoms with Gasteiger partial charge in [-0.25, -0.2) is 0 Å². The second-order valence-corrected chi connectivity index (χ2v) is 4.42. The molecule has 14 heavy (non-hydrogen) atoms. The van der Waals surface area contributed by atoms with Crippen LogP contribution in [0.15, 0.2) is 25.2 Å². The Morgan fingerprint density at radius 2 is 1.43 bits per heavy atom. The number of hydrogen-bond acceptors (Lipinski definition) is 1. The van der Waals surface area contributed by atoms with Crippen LogP contribution in [0.4, 0.5) is 0 Å². The summed E-state index contributed by atoms with van der Waals surface area (Å²) in [5.74, 6) is 0. The standard InChI is InChI=1S/C8H13B.C2H7N.C2H4/c1-6(9)8(4)5-7(8,2)3;1-3-2;1-2/h1,5H2,2-4H3;3H,1-2H3;1-2H2. The molecule has 80 valence electrons. The average molecular weight is 193 g/mol. The highest BCUT2D eigenvalue weighted by molar-refractivity contribution is 6.22. The lowest BCUT2D eigenvalue weighted by atomic mass is 9.79. The minimum atomic E-state index is 0.229. The molecule has 1 N–H and O–H groups in total. The first kappa shape index (κ1) is 16.0. The fourth-order valence-electron chi connectivity index (χ4n) is 1.39. The molecular formula is C12H24BN. The van der Waals surface area contributed by atoms with Gasteiger partial charge in [0, 0.05) is 0 Å². The lowest BCUT2D eigenvalue weighted by Crippen LogP contribution is -2.06. The van der Waals surface area contributed by atoms with Gasteiger partial charge in [-0.3, -0.25) is 0 Å². The van der Waals surface area contributed by atoms with Crippen molar-refractivity contribution < 1.29 is 0 Å². The van der Waals surface area contributed by atoms with Gasteiger partial charge in [0.1, 0.15) is 7.85 Å². The molecule has 1 fully saturated rings. The third-order valence-corrected chi connectivity index (χ3v) is 2.87. The van der Waals surface area contributed by atoms with Gasteiger partial charge >= 0.3 is 0 Å². The van der Waals surface area contributed by atoms with E-state index in [4.69, 9.17) is 7.85 Å². The summed E-state index contributed by atoms with van der Waals surface area (Å²) in [6.45, 7) is 16.4. The van der Waals surface area contributed by atoms with E-state index >= 15 is 0 Å². The molecule has 0 aromatic rings. The zero-order valence-electron chi connectivity index (χ0n) is 10.4. The van der Waals surface area contributed by atoms with Gasteiger partial charge < -0.3 is 5.32 Å². The zero-order chi connectivity index (χ0) is 12.0. The number of nitrogens with one attached hydrogen (secondary N) is 1. The Labute approximate surface area is 91.1 Å². The van der Waals surface area contributed by atoms with Crippen LogP contribution in [0.3, 0.4) is 0 Å². The SMILES string of the molecule is C=C.CNC.[B]C(=C)C1(C)CC1(C)C. The van der Waals surface area contributed by atoms with Crippen LogP contribution in [0.2, 0.25) is 0 Å². The van der Waals surface area contributed by atoms with Crippen molar-refractivity contribution in [1.82, 2.24) is 5.32 Å². The number of rotatable bonds is 1. The predicted octanol–water partition coefficient (Wildman–Crippen LogP) is 2.74. The smallest absolute Gasteiger partial charge is 0.107 e. The summed E-state index contributed by atoms with van der Waals surface area (Å²) in [7, 11) is 9.36. The number of allylic oxidation sites excluding steroid dienone is 1. The van der Waals surface area contributed by atoms with Gasteiger partial charge in [-0.05, 0) is 31.3 Å². The fourth-order valence-corrected chi connectivity index (χ4v) is 1.39. The van der Waals surface area contributed by atoms with Crippen LogP contribution in [0.25, 0.3) is 0 Å². The highest BCUT2D eigenvalue weighted by atomic mass is 14.7. The second-order valence-electron chi connectivity index (χ2n) is 4.42. The Bertz CT molecular complexity index is 187. The molecule has 1 aliphatic rings. The molecule has 0 aliphatic heterocycles. The van der Waals surface area contributed by atoms with E-state index in [0.29, 0.717) is 5.41 Å². The quantitative estimate of drug-likeness (QED) is 0.498. The van der Waals surface area contributed by atoms with Crippen LogP contribution in [-0.4, -0.2) is 21.9 Å². The van der Waals surface area contributed by atoms with Gasteiger partial charge in [0.25, 0.3) is 0 Å². The van der Waals surface area contributed by atoms with E-state index in [9.17, 15) is 0 Å². The van der Waals surface area contributed by atoms with E-state index < -0.39 is 0 Å². The van der Waals surface area contributed by atoms with Crippen molar-refractivity contribution in [2.45, 2.75) is 27.2 Å². The molecule has 1 nitrogen and oxygen atoms in total. The molecule has 0 saturated heterocycles. The van der Waals surface area contributed by atoms with Gasteiger partial charge in [0.05, 0.1) is 0 Å². The molecule has 0 bridgehead atoms. The van der Waals surface area contributed by atoms with Crippen LogP contribution in [0.5, 0.6) is 0 Å². The average Bonchev–Trinajstić information content (AvgIpc) is 2.58. The van der Waals surface area contributed by atoms with Gasteiger partial charge in [-0.2, -0.15) is 0 Å². The second kappa shape index (κ2) is 6.08. The minimum absolute atomic E-state index is 0.229. The van der Waals surface area contributed by atoms with E-state index in [0.717, 1.165) is 5.47 Å². The first-order valence-electron chi connectivity index (χ1n) is 4.85. The van der Waals surface area contributed by atoms with Crippen molar-refractivity contribution in [3.63, 3.8) is 0 Å². The Kier molecular flexibility index (Phi) is 6.92. The van der Waals surface area contributed by atoms with Gasteiger partial charge in [-0.1, -0.05) is 20.8 Å². The summed E-state index contributed by atoms with van der Waals surface area (Å²) in [5.41, 5.74) is 1.47. The molecule has 0 amide bonds. The Morgan fingerprint density at radius 1 is 1.21 bits per heavy atom. The highest BCUT2D eigenvalue weighted by Crippen LogP contribution is 2.65. The molecule has 1 atom stereocenters. The molecule has 1 saturated carbocycles. The van der Waals surface area contributed by atoms with Crippen molar-refractivity contribution in [3.05, 3.63) is 25.2 Å². The summed E-state index contributed by atoms with van der Waals surface area (Å²) >= 11 is 0. The van der Waals surface area contributed by atoms with Gasteiger partial charge in [0.15, 0.2) is 0 Å². The maximum absolute atomic E-state index is 5.61. The molecular weight excluding hydrogens is 169 g/mol. The van der Waals surface area contributed by atoms with Crippen LogP contribution in [-0.2, 0) is 0 Å². The molecule has 0 heterocycles. The molecule has 0 aromatic carbocycles. The Morgan fingerprint density at radius 3 is 1.43 bits per heavy atom. The molecule has 0 aromatic heterocycles. The van der Waals surface area contributed by atoms with E-state index in [1.54, 1.807) is 0 Å². The third-order valence-electron chi connectivity index (χ3n) is 2.87. The fraction of sp³-hybridized carbons (Fsp3) is 0.667. The van der Waals surface area contributed by atoms with Crippen LogP contribution in [0.1, 0.15) is 27.2 Å². The van der Waals surface area contributed by atoms with E-state index in [2.05, 4.69) is 45.8 Å². The zero-order valence-corrected chi connectivity index (χ0v) is 10.4. The first-order chi connectivity index (χ1) is 6.31. The third kappa shape index (κ3) is 3.71. The summed E-state index contributed by atoms with van der Waals surface area (Å²) in [6, 6.07) is 0. The van der Waals surface area contributed by atoms with Crippen molar-refractivity contribution >= 4 is 7.85 Å². The molecule has 1 aliphatic carbocycles. The normalized spacial score (nSPS) is 26.1. The maximum atomic E-state index is 5.61. The summed E-state index contributed by atoms with van der Waals surface area (Å²) in [5, 5.41) is 2.75. The lowest BCUT2D eigenvalue weighted by molar-refractivity contribution is 0.496. The van der Waals surface area contributed by atoms with Crippen LogP contribution in [0, 0.1) is 10.8 Å². The summed E-state index contributed by atoms with van der Waals surface area (Å²) in [4.78, 5) is 0. The largest absolute Gasteiger partial charge is 0.323 e. The van der Waals surface area contributed by atoms with Crippen molar-refractivity contribution in [2.24, 2.45) is 10.8 Å². The Balaban J connectivity index is 0. The number of hydrogen-bond donors (Lipinski definition) is 1. The topological polar surface area (TPSA) is 12.0 Å². The minimum Gasteiger partial charge on any atom is -0.323 e.